The van der Waals surface area contributed by atoms with Gasteiger partial charge >= 0.3 is 5.97 Å². The minimum Gasteiger partial charge on any atom is -0.492 e. The number of halogens is 1. The van der Waals surface area contributed by atoms with Crippen LogP contribution in [-0.2, 0) is 23.8 Å². The van der Waals surface area contributed by atoms with Crippen LogP contribution >= 0.6 is 0 Å². The summed E-state index contributed by atoms with van der Waals surface area (Å²) in [4.78, 5) is 23.9. The molecule has 0 amide bonds. The Hall–Kier alpha value is -3.27. The molecule has 1 aliphatic rings. The van der Waals surface area contributed by atoms with E-state index in [0.717, 1.165) is 30.4 Å². The van der Waals surface area contributed by atoms with Gasteiger partial charge in [0.05, 0.1) is 26.4 Å². The molecule has 1 fully saturated rings. The third-order valence-corrected chi connectivity index (χ3v) is 6.63. The standard InChI is InChI=1S/C32H41FO8/c1-5-38-29(36)19-25(35)18-24(34)13-14-26-27(21(2)3)20-28(39-16-17-41-30-8-6-7-15-40-30)32(37-4)31(26)22-9-11-23(33)12-10-22/h9-14,20-21,24,30,34H,5-8,15-19H2,1-4H3. The zero-order valence-electron chi connectivity index (χ0n) is 24.3. The molecule has 2 aromatic carbocycles. The quantitative estimate of drug-likeness (QED) is 0.162. The molecule has 9 heteroatoms. The van der Waals surface area contributed by atoms with Crippen LogP contribution in [0.1, 0.15) is 69.9 Å². The van der Waals surface area contributed by atoms with E-state index in [2.05, 4.69) is 0 Å². The Morgan fingerprint density at radius 1 is 1.17 bits per heavy atom. The molecule has 1 N–H and O–H groups in total. The van der Waals surface area contributed by atoms with E-state index in [9.17, 15) is 19.1 Å². The Morgan fingerprint density at radius 3 is 2.56 bits per heavy atom. The molecule has 8 nitrogen and oxygen atoms in total. The highest BCUT2D eigenvalue weighted by Gasteiger charge is 2.23. The Balaban J connectivity index is 1.92. The molecule has 0 radical (unpaired) electrons. The summed E-state index contributed by atoms with van der Waals surface area (Å²) < 4.78 is 42.1. The first-order valence-corrected chi connectivity index (χ1v) is 14.1. The van der Waals surface area contributed by atoms with Crippen molar-refractivity contribution in [1.82, 2.24) is 0 Å². The lowest BCUT2D eigenvalue weighted by Gasteiger charge is -2.24. The molecule has 0 spiro atoms. The smallest absolute Gasteiger partial charge is 0.313 e. The predicted octanol–water partition coefficient (Wildman–Crippen LogP) is 5.83. The number of Topliss-reactive ketones (excluding diaryl/α,β-unsaturated/α-hetero) is 1. The maximum absolute atomic E-state index is 13.9. The molecule has 1 saturated heterocycles. The summed E-state index contributed by atoms with van der Waals surface area (Å²) >= 11 is 0. The van der Waals surface area contributed by atoms with Crippen molar-refractivity contribution in [1.29, 1.82) is 0 Å². The van der Waals surface area contributed by atoms with Crippen LogP contribution < -0.4 is 9.47 Å². The summed E-state index contributed by atoms with van der Waals surface area (Å²) in [5, 5.41) is 10.6. The molecule has 0 saturated carbocycles. The van der Waals surface area contributed by atoms with Gasteiger partial charge in [-0.05, 0) is 67.0 Å². The molecule has 3 rings (SSSR count). The molecule has 1 heterocycles. The maximum Gasteiger partial charge on any atom is 0.313 e. The molecule has 0 bridgehead atoms. The highest BCUT2D eigenvalue weighted by molar-refractivity contribution is 5.96. The third-order valence-electron chi connectivity index (χ3n) is 6.63. The summed E-state index contributed by atoms with van der Waals surface area (Å²) in [6.45, 7) is 7.21. The van der Waals surface area contributed by atoms with Gasteiger partial charge in [0, 0.05) is 18.6 Å². The first-order valence-electron chi connectivity index (χ1n) is 14.1. The van der Waals surface area contributed by atoms with Crippen molar-refractivity contribution in [3.63, 3.8) is 0 Å². The Labute approximate surface area is 241 Å². The highest BCUT2D eigenvalue weighted by atomic mass is 19.1. The summed E-state index contributed by atoms with van der Waals surface area (Å²) in [7, 11) is 1.53. The monoisotopic (exact) mass is 572 g/mol. The first-order chi connectivity index (χ1) is 19.7. The van der Waals surface area contributed by atoms with Crippen molar-refractivity contribution < 1.29 is 42.8 Å². The number of carbonyl (C=O) groups is 2. The fourth-order valence-electron chi connectivity index (χ4n) is 4.67. The van der Waals surface area contributed by atoms with Gasteiger partial charge in [0.25, 0.3) is 0 Å². The topological polar surface area (TPSA) is 101 Å². The summed E-state index contributed by atoms with van der Waals surface area (Å²) in [5.41, 5.74) is 2.99. The third kappa shape index (κ3) is 9.66. The van der Waals surface area contributed by atoms with Crippen molar-refractivity contribution in [2.75, 3.05) is 33.5 Å². The summed E-state index contributed by atoms with van der Waals surface area (Å²) in [6, 6.07) is 7.94. The zero-order chi connectivity index (χ0) is 29.8. The minimum atomic E-state index is -1.13. The van der Waals surface area contributed by atoms with Crippen molar-refractivity contribution in [3.05, 3.63) is 53.4 Å². The molecule has 2 atom stereocenters. The fourth-order valence-corrected chi connectivity index (χ4v) is 4.67. The number of benzene rings is 2. The fraction of sp³-hybridized carbons (Fsp3) is 0.500. The normalized spacial score (nSPS) is 16.1. The van der Waals surface area contributed by atoms with Gasteiger partial charge in [-0.3, -0.25) is 9.59 Å². The lowest BCUT2D eigenvalue weighted by Crippen LogP contribution is -2.24. The van der Waals surface area contributed by atoms with Crippen LogP contribution in [0.3, 0.4) is 0 Å². The number of ketones is 1. The molecular formula is C32H41FO8. The average molecular weight is 573 g/mol. The summed E-state index contributed by atoms with van der Waals surface area (Å²) in [5.74, 6) is -0.430. The number of aliphatic hydroxyl groups excluding tert-OH is 1. The second kappa shape index (κ2) is 16.2. The van der Waals surface area contributed by atoms with Crippen LogP contribution in [0.5, 0.6) is 11.5 Å². The lowest BCUT2D eigenvalue weighted by atomic mass is 9.88. The van der Waals surface area contributed by atoms with Gasteiger partial charge in [-0.2, -0.15) is 0 Å². The highest BCUT2D eigenvalue weighted by Crippen LogP contribution is 2.45. The van der Waals surface area contributed by atoms with E-state index in [4.69, 9.17) is 23.7 Å². The van der Waals surface area contributed by atoms with E-state index in [0.29, 0.717) is 35.8 Å². The number of carbonyl (C=O) groups excluding carboxylic acids is 2. The van der Waals surface area contributed by atoms with Gasteiger partial charge in [0.1, 0.15) is 24.6 Å². The van der Waals surface area contributed by atoms with Crippen LogP contribution in [0.15, 0.2) is 36.4 Å². The van der Waals surface area contributed by atoms with Gasteiger partial charge < -0.3 is 28.8 Å². The Kier molecular flexibility index (Phi) is 12.8. The van der Waals surface area contributed by atoms with E-state index in [-0.39, 0.29) is 37.7 Å². The van der Waals surface area contributed by atoms with Crippen molar-refractivity contribution in [2.24, 2.45) is 0 Å². The van der Waals surface area contributed by atoms with E-state index < -0.39 is 24.3 Å². The molecule has 2 unspecified atom stereocenters. The van der Waals surface area contributed by atoms with Crippen LogP contribution in [0, 0.1) is 5.82 Å². The number of aliphatic hydroxyl groups is 1. The number of ether oxygens (including phenoxy) is 5. The number of hydrogen-bond donors (Lipinski definition) is 1. The van der Waals surface area contributed by atoms with Gasteiger partial charge in [0.2, 0.25) is 0 Å². The zero-order valence-corrected chi connectivity index (χ0v) is 24.3. The number of rotatable bonds is 15. The maximum atomic E-state index is 13.9. The molecule has 224 valence electrons. The second-order valence-corrected chi connectivity index (χ2v) is 10.1. The number of esters is 1. The largest absolute Gasteiger partial charge is 0.492 e. The van der Waals surface area contributed by atoms with Crippen LogP contribution in [0.4, 0.5) is 4.39 Å². The number of hydrogen-bond acceptors (Lipinski definition) is 8. The van der Waals surface area contributed by atoms with Crippen molar-refractivity contribution in [2.45, 2.75) is 71.2 Å². The van der Waals surface area contributed by atoms with E-state index in [1.165, 1.54) is 25.3 Å². The van der Waals surface area contributed by atoms with E-state index in [1.54, 1.807) is 25.1 Å². The predicted molar refractivity (Wildman–Crippen MR) is 153 cm³/mol. The average Bonchev–Trinajstić information content (AvgIpc) is 2.94. The van der Waals surface area contributed by atoms with Gasteiger partial charge in [0.15, 0.2) is 17.8 Å². The van der Waals surface area contributed by atoms with E-state index >= 15 is 0 Å². The van der Waals surface area contributed by atoms with Crippen LogP contribution in [-0.4, -0.2) is 62.8 Å². The molecule has 41 heavy (non-hydrogen) atoms. The lowest BCUT2D eigenvalue weighted by molar-refractivity contribution is -0.165. The Bertz CT molecular complexity index is 1170. The molecule has 0 aliphatic carbocycles. The second-order valence-electron chi connectivity index (χ2n) is 10.1. The molecular weight excluding hydrogens is 531 g/mol. The van der Waals surface area contributed by atoms with E-state index in [1.807, 2.05) is 19.9 Å². The van der Waals surface area contributed by atoms with Gasteiger partial charge in [-0.15, -0.1) is 0 Å². The molecule has 1 aliphatic heterocycles. The van der Waals surface area contributed by atoms with Crippen LogP contribution in [0.25, 0.3) is 17.2 Å². The van der Waals surface area contributed by atoms with Gasteiger partial charge in [-0.1, -0.05) is 38.1 Å². The molecule has 0 aromatic heterocycles. The summed E-state index contributed by atoms with van der Waals surface area (Å²) in [6.07, 6.45) is 4.23. The number of methoxy groups -OCH3 is 1. The van der Waals surface area contributed by atoms with Crippen molar-refractivity contribution in [3.8, 4) is 22.6 Å². The Morgan fingerprint density at radius 2 is 1.93 bits per heavy atom. The SMILES string of the molecule is CCOC(=O)CC(=O)CC(O)C=Cc1c(C(C)C)cc(OCCOC2CCCCO2)c(OC)c1-c1ccc(F)cc1. The minimum absolute atomic E-state index is 0.0385. The van der Waals surface area contributed by atoms with Crippen molar-refractivity contribution >= 4 is 17.8 Å². The molecule has 2 aromatic rings. The van der Waals surface area contributed by atoms with Gasteiger partial charge in [-0.25, -0.2) is 4.39 Å². The van der Waals surface area contributed by atoms with Crippen LogP contribution in [0.2, 0.25) is 0 Å². The first kappa shape index (κ1) is 32.2.